The van der Waals surface area contributed by atoms with Crippen LogP contribution in [0, 0.1) is 11.6 Å². The van der Waals surface area contributed by atoms with Gasteiger partial charge in [-0.25, -0.2) is 13.6 Å². The molecule has 2 aromatic heterocycles. The smallest absolute Gasteiger partial charge is 0.318 e. The van der Waals surface area contributed by atoms with E-state index in [4.69, 9.17) is 5.73 Å². The van der Waals surface area contributed by atoms with Crippen LogP contribution in [0.5, 0.6) is 0 Å². The molecule has 9 heteroatoms. The molecule has 4 aromatic carbocycles. The molecular weight excluding hydrogens is 606 g/mol. The molecule has 3 aliphatic heterocycles. The van der Waals surface area contributed by atoms with Gasteiger partial charge in [-0.2, -0.15) is 0 Å². The lowest BCUT2D eigenvalue weighted by Gasteiger charge is -2.29. The van der Waals surface area contributed by atoms with Crippen molar-refractivity contribution < 1.29 is 13.6 Å². The van der Waals surface area contributed by atoms with Crippen molar-refractivity contribution in [3.05, 3.63) is 142 Å². The van der Waals surface area contributed by atoms with Gasteiger partial charge in [-0.15, -0.1) is 0 Å². The van der Waals surface area contributed by atoms with E-state index in [2.05, 4.69) is 62.2 Å². The molecule has 0 spiro atoms. The highest BCUT2D eigenvalue weighted by Gasteiger charge is 2.37. The van der Waals surface area contributed by atoms with Crippen LogP contribution in [0.4, 0.5) is 13.6 Å². The molecule has 6 aromatic rings. The van der Waals surface area contributed by atoms with Crippen molar-refractivity contribution in [2.24, 2.45) is 5.73 Å². The number of halogens is 2. The summed E-state index contributed by atoms with van der Waals surface area (Å²) in [7, 11) is 0. The molecule has 7 nitrogen and oxygen atoms in total. The van der Waals surface area contributed by atoms with Crippen LogP contribution in [-0.4, -0.2) is 45.2 Å². The van der Waals surface area contributed by atoms with Gasteiger partial charge in [0.25, 0.3) is 0 Å². The molecule has 5 heterocycles. The van der Waals surface area contributed by atoms with Crippen molar-refractivity contribution in [3.63, 3.8) is 0 Å². The molecule has 0 aliphatic carbocycles. The second kappa shape index (κ2) is 12.6. The lowest BCUT2D eigenvalue weighted by atomic mass is 9.98. The summed E-state index contributed by atoms with van der Waals surface area (Å²) in [6.45, 7) is 4.25. The number of urea groups is 1. The second-order valence-electron chi connectivity index (χ2n) is 13.0. The van der Waals surface area contributed by atoms with E-state index < -0.39 is 0 Å². The molecule has 2 atom stereocenters. The topological polar surface area (TPSA) is 80.2 Å². The summed E-state index contributed by atoms with van der Waals surface area (Å²) in [6, 6.07) is 30.9. The highest BCUT2D eigenvalue weighted by Crippen LogP contribution is 2.35. The van der Waals surface area contributed by atoms with Crippen molar-refractivity contribution in [1.29, 1.82) is 0 Å². The number of rotatable bonds is 5. The third kappa shape index (κ3) is 5.52. The molecule has 1 fully saturated rings. The van der Waals surface area contributed by atoms with Crippen LogP contribution < -0.4 is 16.4 Å². The van der Waals surface area contributed by atoms with Crippen molar-refractivity contribution in [2.45, 2.75) is 51.1 Å². The van der Waals surface area contributed by atoms with Crippen LogP contribution >= 0.6 is 0 Å². The van der Waals surface area contributed by atoms with E-state index >= 15 is 0 Å². The lowest BCUT2D eigenvalue weighted by molar-refractivity contribution is 0.194. The third-order valence-corrected chi connectivity index (χ3v) is 10.1. The van der Waals surface area contributed by atoms with Crippen LogP contribution in [-0.2, 0) is 39.0 Å². The number of carbonyl (C=O) groups is 1. The number of nitrogens with two attached hydrogens (primary N) is 1. The maximum absolute atomic E-state index is 13.2. The Bertz CT molecular complexity index is 2120. The van der Waals surface area contributed by atoms with E-state index in [0.29, 0.717) is 25.7 Å². The summed E-state index contributed by atoms with van der Waals surface area (Å²) in [5.74, 6) is -0.416. The third-order valence-electron chi connectivity index (χ3n) is 10.1. The molecule has 48 heavy (non-hydrogen) atoms. The second-order valence-corrected chi connectivity index (χ2v) is 13.0. The standard InChI is InChI=1S/C20H18FN3O.C19H20FN3/c21-14-7-5-13(6-8-14)11-24-18-4-2-1-3-16(18)17-9-15-10-22-20(25)23(15)12-19(17)24;20-14-7-5-13(6-8-14)12-23-18-4-2-1-3-16(18)17-9-15(10-21)22-11-19(17)23/h1-8,15H,9-12H2,(H,22,25);1-8,15,22H,9-12,21H2. The number of hydrogen-bond donors (Lipinski definition) is 3. The first kappa shape index (κ1) is 30.4. The molecule has 9 rings (SSSR count). The molecule has 2 amide bonds. The first-order chi connectivity index (χ1) is 23.5. The van der Waals surface area contributed by atoms with E-state index in [0.717, 1.165) is 43.6 Å². The van der Waals surface area contributed by atoms with E-state index in [1.54, 1.807) is 0 Å². The molecule has 3 aliphatic rings. The zero-order chi connectivity index (χ0) is 32.8. The van der Waals surface area contributed by atoms with Crippen LogP contribution in [0.1, 0.15) is 33.6 Å². The summed E-state index contributed by atoms with van der Waals surface area (Å²) in [5, 5.41) is 9.03. The van der Waals surface area contributed by atoms with Gasteiger partial charge in [-0.1, -0.05) is 60.7 Å². The molecule has 0 bridgehead atoms. The maximum Gasteiger partial charge on any atom is 0.318 e. The number of nitrogens with zero attached hydrogens (tertiary/aromatic N) is 3. The van der Waals surface area contributed by atoms with E-state index in [9.17, 15) is 13.6 Å². The minimum absolute atomic E-state index is 0.0224. The molecular formula is C39H38F2N6O. The number of benzene rings is 4. The summed E-state index contributed by atoms with van der Waals surface area (Å²) in [4.78, 5) is 14.0. The summed E-state index contributed by atoms with van der Waals surface area (Å²) in [6.07, 6.45) is 1.84. The average Bonchev–Trinajstić information content (AvgIpc) is 3.75. The van der Waals surface area contributed by atoms with Crippen LogP contribution in [0.3, 0.4) is 0 Å². The first-order valence-corrected chi connectivity index (χ1v) is 16.6. The quantitative estimate of drug-likeness (QED) is 0.213. The van der Waals surface area contributed by atoms with Gasteiger partial charge >= 0.3 is 6.03 Å². The van der Waals surface area contributed by atoms with Gasteiger partial charge in [0.05, 0.1) is 12.6 Å². The molecule has 0 saturated carbocycles. The monoisotopic (exact) mass is 644 g/mol. The van der Waals surface area contributed by atoms with Gasteiger partial charge in [0.1, 0.15) is 11.6 Å². The summed E-state index contributed by atoms with van der Waals surface area (Å²) in [5.41, 5.74) is 15.7. The van der Waals surface area contributed by atoms with Gasteiger partial charge in [-0.3, -0.25) is 0 Å². The zero-order valence-corrected chi connectivity index (χ0v) is 26.6. The Morgan fingerprint density at radius 3 is 1.83 bits per heavy atom. The Balaban J connectivity index is 0.000000141. The number of aromatic nitrogens is 2. The molecule has 4 N–H and O–H groups in total. The molecule has 1 saturated heterocycles. The minimum Gasteiger partial charge on any atom is -0.339 e. The number of amides is 2. The number of para-hydroxylation sites is 2. The molecule has 2 unspecified atom stereocenters. The van der Waals surface area contributed by atoms with Gasteiger partial charge in [0.15, 0.2) is 0 Å². The highest BCUT2D eigenvalue weighted by atomic mass is 19.1. The van der Waals surface area contributed by atoms with Crippen molar-refractivity contribution >= 4 is 27.8 Å². The maximum atomic E-state index is 13.2. The fraction of sp³-hybridized carbons (Fsp3) is 0.256. The fourth-order valence-corrected chi connectivity index (χ4v) is 7.69. The SMILES string of the molecule is NCC1Cc2c(n(Cc3ccc(F)cc3)c3ccccc23)CN1.O=C1NCC2Cc3c(n(Cc4ccc(F)cc4)c4ccccc34)CN12. The molecule has 244 valence electrons. The Labute approximate surface area is 277 Å². The van der Waals surface area contributed by atoms with Gasteiger partial charge in [0, 0.05) is 72.0 Å². The van der Waals surface area contributed by atoms with Crippen molar-refractivity contribution in [1.82, 2.24) is 24.7 Å². The minimum atomic E-state index is -0.222. The Morgan fingerprint density at radius 2 is 1.25 bits per heavy atom. The van der Waals surface area contributed by atoms with E-state index in [1.807, 2.05) is 35.2 Å². The van der Waals surface area contributed by atoms with Gasteiger partial charge in [0.2, 0.25) is 0 Å². The largest absolute Gasteiger partial charge is 0.339 e. The fourth-order valence-electron chi connectivity index (χ4n) is 7.69. The number of carbonyl (C=O) groups excluding carboxylic acids is 1. The highest BCUT2D eigenvalue weighted by molar-refractivity contribution is 5.88. The van der Waals surface area contributed by atoms with Gasteiger partial charge in [-0.05, 0) is 71.5 Å². The number of nitrogens with one attached hydrogen (secondary N) is 2. The first-order valence-electron chi connectivity index (χ1n) is 16.6. The predicted molar refractivity (Wildman–Crippen MR) is 185 cm³/mol. The number of hydrogen-bond acceptors (Lipinski definition) is 3. The zero-order valence-electron chi connectivity index (χ0n) is 26.6. The number of fused-ring (bicyclic) bond motifs is 7. The normalized spacial score (nSPS) is 18.2. The van der Waals surface area contributed by atoms with E-state index in [1.165, 1.54) is 68.6 Å². The van der Waals surface area contributed by atoms with E-state index in [-0.39, 0.29) is 23.7 Å². The Kier molecular flexibility index (Phi) is 7.94. The predicted octanol–water partition coefficient (Wildman–Crippen LogP) is 6.08. The van der Waals surface area contributed by atoms with Crippen LogP contribution in [0.15, 0.2) is 97.1 Å². The summed E-state index contributed by atoms with van der Waals surface area (Å²) >= 11 is 0. The Hall–Kier alpha value is -4.99. The van der Waals surface area contributed by atoms with Crippen molar-refractivity contribution in [3.8, 4) is 0 Å². The molecule has 0 radical (unpaired) electrons. The van der Waals surface area contributed by atoms with Crippen LogP contribution in [0.25, 0.3) is 21.8 Å². The van der Waals surface area contributed by atoms with Crippen LogP contribution in [0.2, 0.25) is 0 Å². The van der Waals surface area contributed by atoms with Crippen molar-refractivity contribution in [2.75, 3.05) is 13.1 Å². The lowest BCUT2D eigenvalue weighted by Crippen LogP contribution is -2.41. The Morgan fingerprint density at radius 1 is 0.708 bits per heavy atom. The average molecular weight is 645 g/mol. The van der Waals surface area contributed by atoms with Gasteiger partial charge < -0.3 is 30.4 Å². The summed E-state index contributed by atoms with van der Waals surface area (Å²) < 4.78 is 31.0.